The van der Waals surface area contributed by atoms with Crippen molar-refractivity contribution < 1.29 is 19.1 Å². The van der Waals surface area contributed by atoms with Crippen LogP contribution in [0.25, 0.3) is 11.3 Å². The predicted molar refractivity (Wildman–Crippen MR) is 148 cm³/mol. The summed E-state index contributed by atoms with van der Waals surface area (Å²) in [6, 6.07) is 23.0. The number of nitrogens with one attached hydrogen (secondary N) is 2. The van der Waals surface area contributed by atoms with Crippen molar-refractivity contribution in [2.45, 2.75) is 25.4 Å². The number of rotatable bonds is 8. The van der Waals surface area contributed by atoms with Gasteiger partial charge in [0.25, 0.3) is 0 Å². The Labute approximate surface area is 225 Å². The lowest BCUT2D eigenvalue weighted by atomic mass is 10.0. The van der Waals surface area contributed by atoms with E-state index in [1.54, 1.807) is 30.5 Å². The number of aromatic carboxylic acids is 1. The van der Waals surface area contributed by atoms with Crippen LogP contribution in [0.15, 0.2) is 89.5 Å². The van der Waals surface area contributed by atoms with Crippen LogP contribution >= 0.6 is 12.2 Å². The highest BCUT2D eigenvalue weighted by Crippen LogP contribution is 2.40. The number of nitrogens with zero attached hydrogens (tertiary/aromatic N) is 2. The Morgan fingerprint density at radius 3 is 2.61 bits per heavy atom. The second-order valence-electron chi connectivity index (χ2n) is 9.07. The molecule has 2 aromatic heterocycles. The highest BCUT2D eigenvalue weighted by molar-refractivity contribution is 7.80. The number of hydrogen-bond donors (Lipinski definition) is 3. The highest BCUT2D eigenvalue weighted by Gasteiger charge is 2.41. The van der Waals surface area contributed by atoms with Gasteiger partial charge in [0.2, 0.25) is 5.91 Å². The van der Waals surface area contributed by atoms with Gasteiger partial charge < -0.3 is 25.1 Å². The van der Waals surface area contributed by atoms with Gasteiger partial charge in [-0.3, -0.25) is 9.78 Å². The van der Waals surface area contributed by atoms with Crippen LogP contribution in [0.1, 0.15) is 45.9 Å². The number of aryl methyl sites for hydroxylation is 1. The summed E-state index contributed by atoms with van der Waals surface area (Å²) >= 11 is 5.69. The molecule has 3 heterocycles. The maximum atomic E-state index is 12.8. The summed E-state index contributed by atoms with van der Waals surface area (Å²) in [5.74, 6) is 0.163. The number of thiocarbonyl (C=S) groups is 1. The molecule has 0 radical (unpaired) electrons. The van der Waals surface area contributed by atoms with Crippen LogP contribution in [0.4, 0.5) is 5.69 Å². The number of anilines is 1. The SMILES string of the molecule is Cc1cccc(NC(=O)CCN2C(=S)NC(c3ccccn3)C2c2ccc(-c3ccc(C(=O)O)cc3)o2)c1. The standard InChI is InChI=1S/C29H26N4O4S/c1-18-5-4-6-21(17-18)31-25(34)14-16-33-27(26(32-29(33)38)22-7-2-3-15-30-22)24-13-12-23(37-24)19-8-10-20(11-9-19)28(35)36/h2-13,15,17,26-27H,14,16H2,1H3,(H,31,34)(H,32,38)(H,35,36). The van der Waals surface area contributed by atoms with Crippen LogP contribution in [0, 0.1) is 6.92 Å². The molecule has 1 aliphatic rings. The summed E-state index contributed by atoms with van der Waals surface area (Å²) in [4.78, 5) is 30.5. The highest BCUT2D eigenvalue weighted by atomic mass is 32.1. The van der Waals surface area contributed by atoms with Gasteiger partial charge >= 0.3 is 5.97 Å². The zero-order valence-corrected chi connectivity index (χ0v) is 21.4. The van der Waals surface area contributed by atoms with Gasteiger partial charge in [-0.2, -0.15) is 0 Å². The quantitative estimate of drug-likeness (QED) is 0.264. The van der Waals surface area contributed by atoms with Gasteiger partial charge in [-0.1, -0.05) is 30.3 Å². The number of amides is 1. The minimum absolute atomic E-state index is 0.114. The fourth-order valence-electron chi connectivity index (χ4n) is 4.57. The molecule has 0 bridgehead atoms. The van der Waals surface area contributed by atoms with Gasteiger partial charge in [-0.25, -0.2) is 4.79 Å². The Balaban J connectivity index is 1.39. The lowest BCUT2D eigenvalue weighted by molar-refractivity contribution is -0.116. The van der Waals surface area contributed by atoms with Gasteiger partial charge in [-0.15, -0.1) is 0 Å². The number of carboxylic acids is 1. The van der Waals surface area contributed by atoms with Crippen LogP contribution in [-0.2, 0) is 4.79 Å². The first-order valence-electron chi connectivity index (χ1n) is 12.2. The van der Waals surface area contributed by atoms with Gasteiger partial charge in [0.15, 0.2) is 5.11 Å². The molecular weight excluding hydrogens is 500 g/mol. The van der Waals surface area contributed by atoms with Crippen LogP contribution < -0.4 is 10.6 Å². The zero-order chi connectivity index (χ0) is 26.6. The average Bonchev–Trinajstić information content (AvgIpc) is 3.52. The van der Waals surface area contributed by atoms with Gasteiger partial charge in [-0.05, 0) is 73.2 Å². The van der Waals surface area contributed by atoms with Crippen LogP contribution in [0.5, 0.6) is 0 Å². The molecule has 192 valence electrons. The van der Waals surface area contributed by atoms with E-state index in [0.29, 0.717) is 23.2 Å². The van der Waals surface area contributed by atoms with Crippen molar-refractivity contribution in [3.05, 3.63) is 108 Å². The van der Waals surface area contributed by atoms with Crippen LogP contribution in [0.3, 0.4) is 0 Å². The molecule has 38 heavy (non-hydrogen) atoms. The molecular formula is C29H26N4O4S. The maximum Gasteiger partial charge on any atom is 0.335 e. The fraction of sp³-hybridized carbons (Fsp3) is 0.172. The van der Waals surface area contributed by atoms with Crippen molar-refractivity contribution in [3.8, 4) is 11.3 Å². The van der Waals surface area contributed by atoms with E-state index in [9.17, 15) is 14.7 Å². The van der Waals surface area contributed by atoms with E-state index < -0.39 is 5.97 Å². The third kappa shape index (κ3) is 5.42. The normalized spacial score (nSPS) is 16.8. The van der Waals surface area contributed by atoms with E-state index in [2.05, 4.69) is 15.6 Å². The number of pyridine rings is 1. The van der Waals surface area contributed by atoms with E-state index in [-0.39, 0.29) is 30.0 Å². The lowest BCUT2D eigenvalue weighted by Gasteiger charge is -2.25. The minimum Gasteiger partial charge on any atom is -0.478 e. The summed E-state index contributed by atoms with van der Waals surface area (Å²) < 4.78 is 6.28. The molecule has 9 heteroatoms. The van der Waals surface area contributed by atoms with Crippen molar-refractivity contribution in [2.75, 3.05) is 11.9 Å². The zero-order valence-electron chi connectivity index (χ0n) is 20.6. The molecule has 1 saturated heterocycles. The smallest absolute Gasteiger partial charge is 0.335 e. The van der Waals surface area contributed by atoms with Crippen molar-refractivity contribution in [1.82, 2.24) is 15.2 Å². The molecule has 0 spiro atoms. The summed E-state index contributed by atoms with van der Waals surface area (Å²) in [7, 11) is 0. The van der Waals surface area contributed by atoms with Crippen LogP contribution in [0.2, 0.25) is 0 Å². The summed E-state index contributed by atoms with van der Waals surface area (Å²) in [6.45, 7) is 2.35. The van der Waals surface area contributed by atoms with Gasteiger partial charge in [0.05, 0.1) is 17.3 Å². The Bertz CT molecular complexity index is 1470. The summed E-state index contributed by atoms with van der Waals surface area (Å²) in [5.41, 5.74) is 3.58. The van der Waals surface area contributed by atoms with Gasteiger partial charge in [0.1, 0.15) is 17.6 Å². The van der Waals surface area contributed by atoms with E-state index in [1.165, 1.54) is 0 Å². The van der Waals surface area contributed by atoms with Crippen molar-refractivity contribution in [1.29, 1.82) is 0 Å². The molecule has 0 saturated carbocycles. The molecule has 2 atom stereocenters. The van der Waals surface area contributed by atoms with Gasteiger partial charge in [0, 0.05) is 30.4 Å². The topological polar surface area (TPSA) is 108 Å². The number of aromatic nitrogens is 1. The van der Waals surface area contributed by atoms with E-state index in [0.717, 1.165) is 22.5 Å². The third-order valence-corrected chi connectivity index (χ3v) is 6.77. The largest absolute Gasteiger partial charge is 0.478 e. The molecule has 0 aliphatic carbocycles. The fourth-order valence-corrected chi connectivity index (χ4v) is 4.90. The molecule has 1 fully saturated rings. The molecule has 1 aliphatic heterocycles. The third-order valence-electron chi connectivity index (χ3n) is 6.41. The molecule has 8 nitrogen and oxygen atoms in total. The number of carbonyl (C=O) groups is 2. The minimum atomic E-state index is -0.984. The van der Waals surface area contributed by atoms with Crippen molar-refractivity contribution in [2.24, 2.45) is 0 Å². The predicted octanol–water partition coefficient (Wildman–Crippen LogP) is 5.35. The van der Waals surface area contributed by atoms with E-state index >= 15 is 0 Å². The Morgan fingerprint density at radius 1 is 1.08 bits per heavy atom. The second-order valence-corrected chi connectivity index (χ2v) is 9.46. The molecule has 3 N–H and O–H groups in total. The molecule has 2 unspecified atom stereocenters. The first kappa shape index (κ1) is 25.2. The number of furan rings is 1. The maximum absolute atomic E-state index is 12.8. The Morgan fingerprint density at radius 2 is 1.89 bits per heavy atom. The van der Waals surface area contributed by atoms with E-state index in [4.69, 9.17) is 16.6 Å². The molecule has 2 aromatic carbocycles. The summed E-state index contributed by atoms with van der Waals surface area (Å²) in [6.07, 6.45) is 1.96. The second kappa shape index (κ2) is 10.9. The Kier molecular flexibility index (Phi) is 7.19. The number of carbonyl (C=O) groups excluding carboxylic acids is 1. The molecule has 1 amide bonds. The lowest BCUT2D eigenvalue weighted by Crippen LogP contribution is -2.32. The number of benzene rings is 2. The Hall–Kier alpha value is -4.50. The number of hydrogen-bond acceptors (Lipinski definition) is 5. The van der Waals surface area contributed by atoms with Crippen LogP contribution in [-0.4, -0.2) is 38.5 Å². The monoisotopic (exact) mass is 526 g/mol. The van der Waals surface area contributed by atoms with Crippen molar-refractivity contribution in [3.63, 3.8) is 0 Å². The number of carboxylic acid groups (broad SMARTS) is 1. The first-order valence-corrected chi connectivity index (χ1v) is 12.6. The van der Waals surface area contributed by atoms with Crippen molar-refractivity contribution >= 4 is 34.9 Å². The molecule has 4 aromatic rings. The average molecular weight is 527 g/mol. The van der Waals surface area contributed by atoms with E-state index in [1.807, 2.05) is 66.4 Å². The molecule has 5 rings (SSSR count). The summed E-state index contributed by atoms with van der Waals surface area (Å²) in [5, 5.41) is 16.0. The first-order chi connectivity index (χ1) is 18.4.